The van der Waals surface area contributed by atoms with Gasteiger partial charge in [0, 0.05) is 24.8 Å². The summed E-state index contributed by atoms with van der Waals surface area (Å²) in [6, 6.07) is 6.23. The zero-order chi connectivity index (χ0) is 17.9. The quantitative estimate of drug-likeness (QED) is 0.884. The van der Waals surface area contributed by atoms with Crippen molar-refractivity contribution < 1.29 is 9.18 Å². The summed E-state index contributed by atoms with van der Waals surface area (Å²) in [5.74, 6) is -0.301. The SMILES string of the molecule is Cc1nn(C)c(C)c1[C@H](C)NC(=O)CN(C)Cc1ccc(F)cc1. The molecule has 1 heterocycles. The second-order valence-electron chi connectivity index (χ2n) is 6.30. The number of carbonyl (C=O) groups is 1. The van der Waals surface area contributed by atoms with Crippen molar-refractivity contribution in [2.45, 2.75) is 33.4 Å². The molecule has 0 fully saturated rings. The van der Waals surface area contributed by atoms with Crippen LogP contribution in [0.4, 0.5) is 4.39 Å². The average Bonchev–Trinajstić information content (AvgIpc) is 2.74. The zero-order valence-corrected chi connectivity index (χ0v) is 14.9. The van der Waals surface area contributed by atoms with Crippen LogP contribution in [-0.2, 0) is 18.4 Å². The van der Waals surface area contributed by atoms with Crippen molar-refractivity contribution in [1.29, 1.82) is 0 Å². The van der Waals surface area contributed by atoms with Gasteiger partial charge in [-0.15, -0.1) is 0 Å². The van der Waals surface area contributed by atoms with Crippen LogP contribution < -0.4 is 5.32 Å². The molecule has 0 aliphatic heterocycles. The van der Waals surface area contributed by atoms with Crippen molar-refractivity contribution in [3.63, 3.8) is 0 Å². The van der Waals surface area contributed by atoms with Crippen molar-refractivity contribution in [3.05, 3.63) is 52.6 Å². The van der Waals surface area contributed by atoms with E-state index in [4.69, 9.17) is 0 Å². The lowest BCUT2D eigenvalue weighted by molar-refractivity contribution is -0.122. The number of aromatic nitrogens is 2. The molecule has 2 aromatic rings. The van der Waals surface area contributed by atoms with E-state index in [9.17, 15) is 9.18 Å². The molecule has 0 bridgehead atoms. The Labute approximate surface area is 142 Å². The Hall–Kier alpha value is -2.21. The van der Waals surface area contributed by atoms with E-state index in [2.05, 4.69) is 10.4 Å². The molecule has 0 aliphatic carbocycles. The topological polar surface area (TPSA) is 50.2 Å². The molecule has 0 unspecified atom stereocenters. The molecule has 24 heavy (non-hydrogen) atoms. The maximum absolute atomic E-state index is 12.9. The maximum atomic E-state index is 12.9. The summed E-state index contributed by atoms with van der Waals surface area (Å²) in [5, 5.41) is 7.41. The summed E-state index contributed by atoms with van der Waals surface area (Å²) in [7, 11) is 3.77. The molecule has 0 saturated heterocycles. The Kier molecular flexibility index (Phi) is 5.72. The minimum Gasteiger partial charge on any atom is -0.348 e. The van der Waals surface area contributed by atoms with Gasteiger partial charge in [-0.1, -0.05) is 12.1 Å². The van der Waals surface area contributed by atoms with Crippen LogP contribution >= 0.6 is 0 Å². The summed E-state index contributed by atoms with van der Waals surface area (Å²) in [4.78, 5) is 14.2. The highest BCUT2D eigenvalue weighted by Crippen LogP contribution is 2.20. The standard InChI is InChI=1S/C18H25FN4O/c1-12(18-13(2)21-23(5)14(18)3)20-17(24)11-22(4)10-15-6-8-16(19)9-7-15/h6-9,12H,10-11H2,1-5H3,(H,20,24)/t12-/m0/s1. The number of halogens is 1. The highest BCUT2D eigenvalue weighted by Gasteiger charge is 2.18. The monoisotopic (exact) mass is 332 g/mol. The van der Waals surface area contributed by atoms with E-state index < -0.39 is 0 Å². The fourth-order valence-electron chi connectivity index (χ4n) is 2.98. The third-order valence-corrected chi connectivity index (χ3v) is 4.15. The minimum atomic E-state index is -0.254. The van der Waals surface area contributed by atoms with Gasteiger partial charge in [-0.25, -0.2) is 4.39 Å². The molecule has 1 aromatic heterocycles. The van der Waals surface area contributed by atoms with Crippen LogP contribution in [0.2, 0.25) is 0 Å². The average molecular weight is 332 g/mol. The van der Waals surface area contributed by atoms with Crippen molar-refractivity contribution in [2.24, 2.45) is 7.05 Å². The van der Waals surface area contributed by atoms with Gasteiger partial charge < -0.3 is 5.32 Å². The zero-order valence-electron chi connectivity index (χ0n) is 14.9. The third-order valence-electron chi connectivity index (χ3n) is 4.15. The molecule has 1 aromatic carbocycles. The van der Waals surface area contributed by atoms with Crippen LogP contribution in [-0.4, -0.2) is 34.2 Å². The molecule has 1 N–H and O–H groups in total. The van der Waals surface area contributed by atoms with Crippen molar-refractivity contribution >= 4 is 5.91 Å². The van der Waals surface area contributed by atoms with Gasteiger partial charge >= 0.3 is 0 Å². The molecule has 2 rings (SSSR count). The van der Waals surface area contributed by atoms with Crippen LogP contribution in [0.1, 0.15) is 35.5 Å². The minimum absolute atomic E-state index is 0.0465. The molecule has 0 spiro atoms. The van der Waals surface area contributed by atoms with Gasteiger partial charge in [-0.2, -0.15) is 5.10 Å². The van der Waals surface area contributed by atoms with Crippen molar-refractivity contribution in [3.8, 4) is 0 Å². The van der Waals surface area contributed by atoms with Crippen LogP contribution in [0.3, 0.4) is 0 Å². The number of hydrogen-bond acceptors (Lipinski definition) is 3. The van der Waals surface area contributed by atoms with E-state index in [-0.39, 0.29) is 24.3 Å². The van der Waals surface area contributed by atoms with Crippen molar-refractivity contribution in [2.75, 3.05) is 13.6 Å². The predicted molar refractivity (Wildman–Crippen MR) is 92.0 cm³/mol. The van der Waals surface area contributed by atoms with E-state index in [0.29, 0.717) is 6.54 Å². The highest BCUT2D eigenvalue weighted by atomic mass is 19.1. The predicted octanol–water partition coefficient (Wildman–Crippen LogP) is 2.49. The van der Waals surface area contributed by atoms with Crippen molar-refractivity contribution in [1.82, 2.24) is 20.0 Å². The Morgan fingerprint density at radius 2 is 1.96 bits per heavy atom. The summed E-state index contributed by atoms with van der Waals surface area (Å²) < 4.78 is 14.7. The smallest absolute Gasteiger partial charge is 0.234 e. The molecule has 0 aliphatic rings. The molecular formula is C18H25FN4O. The van der Waals surface area contributed by atoms with Gasteiger partial charge in [-0.05, 0) is 45.5 Å². The lowest BCUT2D eigenvalue weighted by atomic mass is 10.1. The Bertz CT molecular complexity index is 709. The first-order valence-corrected chi connectivity index (χ1v) is 8.00. The second kappa shape index (κ2) is 7.57. The van der Waals surface area contributed by atoms with Crippen LogP contribution in [0.5, 0.6) is 0 Å². The number of nitrogens with one attached hydrogen (secondary N) is 1. The Balaban J connectivity index is 1.91. The summed E-state index contributed by atoms with van der Waals surface area (Å²) in [6.45, 7) is 6.78. The van der Waals surface area contributed by atoms with Gasteiger partial charge in [0.1, 0.15) is 5.82 Å². The van der Waals surface area contributed by atoms with Gasteiger partial charge in [0.25, 0.3) is 0 Å². The van der Waals surface area contributed by atoms with E-state index in [1.165, 1.54) is 12.1 Å². The lowest BCUT2D eigenvalue weighted by Gasteiger charge is -2.19. The highest BCUT2D eigenvalue weighted by molar-refractivity contribution is 5.78. The van der Waals surface area contributed by atoms with E-state index in [1.807, 2.05) is 44.4 Å². The number of nitrogens with zero attached hydrogens (tertiary/aromatic N) is 3. The molecule has 130 valence electrons. The Morgan fingerprint density at radius 1 is 1.33 bits per heavy atom. The summed E-state index contributed by atoms with van der Waals surface area (Å²) in [5.41, 5.74) is 4.02. The number of carbonyl (C=O) groups excluding carboxylic acids is 1. The number of aryl methyl sites for hydroxylation is 2. The van der Waals surface area contributed by atoms with Gasteiger partial charge in [0.2, 0.25) is 5.91 Å². The van der Waals surface area contributed by atoms with E-state index in [1.54, 1.807) is 12.1 Å². The van der Waals surface area contributed by atoms with E-state index >= 15 is 0 Å². The normalized spacial score (nSPS) is 12.5. The first-order valence-electron chi connectivity index (χ1n) is 8.00. The van der Waals surface area contributed by atoms with Crippen LogP contribution in [0.25, 0.3) is 0 Å². The third kappa shape index (κ3) is 4.41. The largest absolute Gasteiger partial charge is 0.348 e. The number of benzene rings is 1. The molecule has 1 atom stereocenters. The first-order chi connectivity index (χ1) is 11.3. The summed E-state index contributed by atoms with van der Waals surface area (Å²) in [6.07, 6.45) is 0. The lowest BCUT2D eigenvalue weighted by Crippen LogP contribution is -2.36. The maximum Gasteiger partial charge on any atom is 0.234 e. The molecule has 0 saturated carbocycles. The molecule has 1 amide bonds. The number of amides is 1. The number of likely N-dealkylation sites (N-methyl/N-ethyl adjacent to an activating group) is 1. The fraction of sp³-hybridized carbons (Fsp3) is 0.444. The number of rotatable bonds is 6. The fourth-order valence-corrected chi connectivity index (χ4v) is 2.98. The van der Waals surface area contributed by atoms with Crippen LogP contribution in [0.15, 0.2) is 24.3 Å². The van der Waals surface area contributed by atoms with Gasteiger partial charge in [0.15, 0.2) is 0 Å². The molecular weight excluding hydrogens is 307 g/mol. The number of hydrogen-bond donors (Lipinski definition) is 1. The Morgan fingerprint density at radius 3 is 2.50 bits per heavy atom. The summed E-state index contributed by atoms with van der Waals surface area (Å²) >= 11 is 0. The molecule has 5 nitrogen and oxygen atoms in total. The molecule has 6 heteroatoms. The van der Waals surface area contributed by atoms with E-state index in [0.717, 1.165) is 22.5 Å². The van der Waals surface area contributed by atoms with Gasteiger partial charge in [-0.3, -0.25) is 14.4 Å². The second-order valence-corrected chi connectivity index (χ2v) is 6.30. The molecule has 0 radical (unpaired) electrons. The van der Waals surface area contributed by atoms with Crippen LogP contribution in [0, 0.1) is 19.7 Å². The first kappa shape index (κ1) is 18.1. The van der Waals surface area contributed by atoms with Gasteiger partial charge in [0.05, 0.1) is 18.3 Å².